The van der Waals surface area contributed by atoms with Crippen LogP contribution in [0.4, 0.5) is 13.2 Å². The van der Waals surface area contributed by atoms with Crippen molar-refractivity contribution in [2.24, 2.45) is 4.99 Å². The van der Waals surface area contributed by atoms with Crippen LogP contribution in [0.5, 0.6) is 5.75 Å². The van der Waals surface area contributed by atoms with Crippen molar-refractivity contribution in [3.05, 3.63) is 65.0 Å². The predicted octanol–water partition coefficient (Wildman–Crippen LogP) is 3.36. The van der Waals surface area contributed by atoms with Crippen molar-refractivity contribution < 1.29 is 17.9 Å². The zero-order chi connectivity index (χ0) is 19.1. The van der Waals surface area contributed by atoms with E-state index in [-0.39, 0.29) is 5.75 Å². The third-order valence-electron chi connectivity index (χ3n) is 3.92. The van der Waals surface area contributed by atoms with Crippen LogP contribution < -0.4 is 10.1 Å². The number of hydrogen-bond donors (Lipinski definition) is 1. The van der Waals surface area contributed by atoms with Crippen molar-refractivity contribution in [3.8, 4) is 5.75 Å². The monoisotopic (exact) mass is 365 g/mol. The highest BCUT2D eigenvalue weighted by molar-refractivity contribution is 5.79. The van der Waals surface area contributed by atoms with Crippen LogP contribution in [0.2, 0.25) is 0 Å². The Balaban J connectivity index is 1.93. The average molecular weight is 365 g/mol. The molecule has 26 heavy (non-hydrogen) atoms. The zero-order valence-electron chi connectivity index (χ0n) is 15.0. The van der Waals surface area contributed by atoms with E-state index in [2.05, 4.69) is 10.3 Å². The standard InChI is InChI=1S/C19H22F3N3O/c1-23-19(24-10-9-14-5-4-6-15(20)18(14)22)25(2)12-13-7-8-17(26-3)16(21)11-13/h4-8,11H,9-10,12H2,1-3H3,(H,23,24). The Hall–Kier alpha value is -2.70. The predicted molar refractivity (Wildman–Crippen MR) is 95.8 cm³/mol. The van der Waals surface area contributed by atoms with Gasteiger partial charge in [0.2, 0.25) is 0 Å². The lowest BCUT2D eigenvalue weighted by atomic mass is 10.1. The van der Waals surface area contributed by atoms with Gasteiger partial charge in [0, 0.05) is 27.2 Å². The third kappa shape index (κ3) is 4.91. The van der Waals surface area contributed by atoms with Crippen LogP contribution >= 0.6 is 0 Å². The molecule has 0 radical (unpaired) electrons. The lowest BCUT2D eigenvalue weighted by Crippen LogP contribution is -2.39. The summed E-state index contributed by atoms with van der Waals surface area (Å²) < 4.78 is 45.6. The molecule has 0 spiro atoms. The van der Waals surface area contributed by atoms with E-state index in [9.17, 15) is 13.2 Å². The molecule has 2 aromatic carbocycles. The summed E-state index contributed by atoms with van der Waals surface area (Å²) in [6.45, 7) is 0.809. The molecule has 0 aromatic heterocycles. The van der Waals surface area contributed by atoms with Gasteiger partial charge in [-0.25, -0.2) is 13.2 Å². The molecule has 0 aliphatic heterocycles. The number of methoxy groups -OCH3 is 1. The number of aliphatic imine (C=N–C) groups is 1. The molecular formula is C19H22F3N3O. The molecule has 2 aromatic rings. The van der Waals surface area contributed by atoms with E-state index in [1.54, 1.807) is 32.3 Å². The van der Waals surface area contributed by atoms with Gasteiger partial charge in [-0.3, -0.25) is 4.99 Å². The molecule has 0 bridgehead atoms. The van der Waals surface area contributed by atoms with E-state index in [4.69, 9.17) is 4.74 Å². The summed E-state index contributed by atoms with van der Waals surface area (Å²) in [5.74, 6) is -1.35. The summed E-state index contributed by atoms with van der Waals surface area (Å²) in [6, 6.07) is 8.87. The summed E-state index contributed by atoms with van der Waals surface area (Å²) in [5.41, 5.74) is 1.05. The molecule has 0 aliphatic carbocycles. The van der Waals surface area contributed by atoms with Crippen molar-refractivity contribution in [1.29, 1.82) is 0 Å². The third-order valence-corrected chi connectivity index (χ3v) is 3.92. The maximum Gasteiger partial charge on any atom is 0.193 e. The average Bonchev–Trinajstić information content (AvgIpc) is 2.62. The van der Waals surface area contributed by atoms with E-state index in [0.29, 0.717) is 31.0 Å². The highest BCUT2D eigenvalue weighted by atomic mass is 19.2. The second-order valence-electron chi connectivity index (χ2n) is 5.76. The fourth-order valence-corrected chi connectivity index (χ4v) is 2.59. The van der Waals surface area contributed by atoms with Crippen LogP contribution in [0.1, 0.15) is 11.1 Å². The molecule has 0 saturated carbocycles. The summed E-state index contributed by atoms with van der Waals surface area (Å²) in [4.78, 5) is 5.97. The molecular weight excluding hydrogens is 343 g/mol. The quantitative estimate of drug-likeness (QED) is 0.630. The van der Waals surface area contributed by atoms with Crippen LogP contribution in [-0.2, 0) is 13.0 Å². The van der Waals surface area contributed by atoms with Crippen LogP contribution in [0.25, 0.3) is 0 Å². The largest absolute Gasteiger partial charge is 0.494 e. The van der Waals surface area contributed by atoms with Crippen molar-refractivity contribution in [3.63, 3.8) is 0 Å². The van der Waals surface area contributed by atoms with Gasteiger partial charge < -0.3 is 15.0 Å². The molecule has 0 amide bonds. The molecule has 7 heteroatoms. The van der Waals surface area contributed by atoms with E-state index >= 15 is 0 Å². The molecule has 0 atom stereocenters. The molecule has 2 rings (SSSR count). The number of benzene rings is 2. The molecule has 0 saturated heterocycles. The molecule has 0 aliphatic rings. The lowest BCUT2D eigenvalue weighted by Gasteiger charge is -2.22. The first-order valence-corrected chi connectivity index (χ1v) is 8.13. The summed E-state index contributed by atoms with van der Waals surface area (Å²) >= 11 is 0. The molecule has 0 unspecified atom stereocenters. The summed E-state index contributed by atoms with van der Waals surface area (Å²) in [5, 5.41) is 3.09. The molecule has 0 fully saturated rings. The highest BCUT2D eigenvalue weighted by Crippen LogP contribution is 2.18. The van der Waals surface area contributed by atoms with Gasteiger partial charge in [0.25, 0.3) is 0 Å². The Labute approximate surface area is 151 Å². The minimum Gasteiger partial charge on any atom is -0.494 e. The maximum absolute atomic E-state index is 13.8. The topological polar surface area (TPSA) is 36.9 Å². The summed E-state index contributed by atoms with van der Waals surface area (Å²) in [7, 11) is 4.84. The van der Waals surface area contributed by atoms with Crippen LogP contribution in [0.15, 0.2) is 41.4 Å². The van der Waals surface area contributed by atoms with Gasteiger partial charge in [-0.2, -0.15) is 0 Å². The van der Waals surface area contributed by atoms with Crippen molar-refractivity contribution in [2.45, 2.75) is 13.0 Å². The Kier molecular flexibility index (Phi) is 6.89. The van der Waals surface area contributed by atoms with E-state index in [1.165, 1.54) is 19.2 Å². The van der Waals surface area contributed by atoms with Gasteiger partial charge in [-0.1, -0.05) is 18.2 Å². The number of guanidine groups is 1. The maximum atomic E-state index is 13.8. The van der Waals surface area contributed by atoms with E-state index in [0.717, 1.165) is 11.6 Å². The van der Waals surface area contributed by atoms with Gasteiger partial charge in [-0.15, -0.1) is 0 Å². The Morgan fingerprint density at radius 2 is 1.92 bits per heavy atom. The summed E-state index contributed by atoms with van der Waals surface area (Å²) in [6.07, 6.45) is 0.313. The van der Waals surface area contributed by atoms with Gasteiger partial charge in [0.05, 0.1) is 7.11 Å². The van der Waals surface area contributed by atoms with Crippen LogP contribution in [0.3, 0.4) is 0 Å². The smallest absolute Gasteiger partial charge is 0.193 e. The number of nitrogens with one attached hydrogen (secondary N) is 1. The van der Waals surface area contributed by atoms with Gasteiger partial charge in [-0.05, 0) is 35.7 Å². The Morgan fingerprint density at radius 3 is 2.58 bits per heavy atom. The van der Waals surface area contributed by atoms with Crippen LogP contribution in [0, 0.1) is 17.5 Å². The number of nitrogens with zero attached hydrogens (tertiary/aromatic N) is 2. The lowest BCUT2D eigenvalue weighted by molar-refractivity contribution is 0.385. The second kappa shape index (κ2) is 9.12. The van der Waals surface area contributed by atoms with Crippen molar-refractivity contribution >= 4 is 5.96 Å². The Morgan fingerprint density at radius 1 is 1.15 bits per heavy atom. The number of rotatable bonds is 6. The first kappa shape index (κ1) is 19.6. The fourth-order valence-electron chi connectivity index (χ4n) is 2.59. The van der Waals surface area contributed by atoms with Crippen molar-refractivity contribution in [1.82, 2.24) is 10.2 Å². The molecule has 4 nitrogen and oxygen atoms in total. The minimum atomic E-state index is -0.856. The van der Waals surface area contributed by atoms with E-state index in [1.807, 2.05) is 4.90 Å². The van der Waals surface area contributed by atoms with Crippen LogP contribution in [-0.4, -0.2) is 38.6 Å². The highest BCUT2D eigenvalue weighted by Gasteiger charge is 2.11. The van der Waals surface area contributed by atoms with Gasteiger partial charge >= 0.3 is 0 Å². The SMILES string of the molecule is CN=C(NCCc1cccc(F)c1F)N(C)Cc1ccc(OC)c(F)c1. The first-order valence-electron chi connectivity index (χ1n) is 8.13. The Bertz CT molecular complexity index is 781. The molecule has 140 valence electrons. The zero-order valence-corrected chi connectivity index (χ0v) is 15.0. The second-order valence-corrected chi connectivity index (χ2v) is 5.76. The normalized spacial score (nSPS) is 11.4. The number of ether oxygens (including phenoxy) is 1. The van der Waals surface area contributed by atoms with E-state index < -0.39 is 17.5 Å². The number of halogens is 3. The minimum absolute atomic E-state index is 0.191. The fraction of sp³-hybridized carbons (Fsp3) is 0.316. The van der Waals surface area contributed by atoms with Crippen molar-refractivity contribution in [2.75, 3.05) is 27.7 Å². The molecule has 0 heterocycles. The van der Waals surface area contributed by atoms with Gasteiger partial charge in [0.15, 0.2) is 29.2 Å². The number of hydrogen-bond acceptors (Lipinski definition) is 2. The molecule has 1 N–H and O–H groups in total. The van der Waals surface area contributed by atoms with Gasteiger partial charge in [0.1, 0.15) is 0 Å². The first-order chi connectivity index (χ1) is 12.5.